The van der Waals surface area contributed by atoms with Gasteiger partial charge < -0.3 is 4.90 Å². The molecule has 1 saturated heterocycles. The highest BCUT2D eigenvalue weighted by Gasteiger charge is 2.32. The second-order valence-electron chi connectivity index (χ2n) is 5.44. The molecule has 1 aliphatic rings. The van der Waals surface area contributed by atoms with Crippen molar-refractivity contribution < 1.29 is 13.2 Å². The van der Waals surface area contributed by atoms with Crippen molar-refractivity contribution in [2.24, 2.45) is 0 Å². The minimum Gasteiger partial charge on any atom is -0.354 e. The molecule has 8 heteroatoms. The van der Waals surface area contributed by atoms with Gasteiger partial charge in [-0.1, -0.05) is 6.92 Å². The molecule has 0 aliphatic carbocycles. The number of fused-ring (bicyclic) bond motifs is 1. The van der Waals surface area contributed by atoms with Gasteiger partial charge in [0, 0.05) is 44.0 Å². The number of anilines is 1. The molecular weight excluding hydrogens is 295 g/mol. The highest BCUT2D eigenvalue weighted by molar-refractivity contribution is 5.51. The van der Waals surface area contributed by atoms with Crippen LogP contribution in [-0.4, -0.2) is 58.4 Å². The molecule has 5 nitrogen and oxygen atoms in total. The average Bonchev–Trinajstić information content (AvgIpc) is 2.93. The number of aryl methyl sites for hydroxylation is 1. The number of piperazine rings is 1. The molecule has 0 N–H and O–H groups in total. The minimum absolute atomic E-state index is 0.395. The van der Waals surface area contributed by atoms with Crippen LogP contribution in [0.2, 0.25) is 0 Å². The molecule has 0 unspecified atom stereocenters. The van der Waals surface area contributed by atoms with Crippen LogP contribution in [0.1, 0.15) is 12.6 Å². The fourth-order valence-electron chi connectivity index (χ4n) is 2.74. The van der Waals surface area contributed by atoms with E-state index in [0.717, 1.165) is 23.6 Å². The Morgan fingerprint density at radius 3 is 2.55 bits per heavy atom. The topological polar surface area (TPSA) is 36.7 Å². The maximum absolute atomic E-state index is 12.4. The number of halogens is 3. The van der Waals surface area contributed by atoms with Gasteiger partial charge in [-0.3, -0.25) is 4.90 Å². The van der Waals surface area contributed by atoms with Crippen molar-refractivity contribution in [1.82, 2.24) is 19.5 Å². The van der Waals surface area contributed by atoms with Crippen molar-refractivity contribution in [3.05, 3.63) is 24.0 Å². The Morgan fingerprint density at radius 1 is 1.18 bits per heavy atom. The van der Waals surface area contributed by atoms with E-state index in [4.69, 9.17) is 0 Å². The summed E-state index contributed by atoms with van der Waals surface area (Å²) in [6.07, 6.45) is -1.64. The predicted octanol–water partition coefficient (Wildman–Crippen LogP) is 1.98. The average molecular weight is 313 g/mol. The van der Waals surface area contributed by atoms with E-state index in [1.54, 1.807) is 10.7 Å². The molecule has 3 heterocycles. The fourth-order valence-corrected chi connectivity index (χ4v) is 2.74. The number of hydrogen-bond donors (Lipinski definition) is 0. The molecule has 120 valence electrons. The van der Waals surface area contributed by atoms with E-state index in [0.29, 0.717) is 26.2 Å². The van der Waals surface area contributed by atoms with Crippen LogP contribution in [0.5, 0.6) is 0 Å². The number of rotatable bonds is 3. The number of hydrogen-bond acceptors (Lipinski definition) is 4. The summed E-state index contributed by atoms with van der Waals surface area (Å²) in [5.74, 6) is 0.901. The Bertz CT molecular complexity index is 643. The lowest BCUT2D eigenvalue weighted by molar-refractivity contribution is -0.146. The van der Waals surface area contributed by atoms with Gasteiger partial charge in [-0.25, -0.2) is 4.98 Å². The van der Waals surface area contributed by atoms with Gasteiger partial charge in [0.25, 0.3) is 0 Å². The zero-order valence-corrected chi connectivity index (χ0v) is 12.3. The monoisotopic (exact) mass is 313 g/mol. The second kappa shape index (κ2) is 5.75. The molecule has 2 aromatic rings. The van der Waals surface area contributed by atoms with E-state index in [1.807, 2.05) is 19.1 Å². The quantitative estimate of drug-likeness (QED) is 0.868. The molecule has 3 rings (SSSR count). The first-order chi connectivity index (χ1) is 10.5. The molecule has 0 aromatic carbocycles. The third-order valence-corrected chi connectivity index (χ3v) is 3.86. The molecule has 0 spiro atoms. The van der Waals surface area contributed by atoms with E-state index in [9.17, 15) is 13.2 Å². The van der Waals surface area contributed by atoms with Gasteiger partial charge >= 0.3 is 6.18 Å². The lowest BCUT2D eigenvalue weighted by atomic mass is 10.2. The first-order valence-electron chi connectivity index (χ1n) is 7.34. The molecular formula is C14H18F3N5. The van der Waals surface area contributed by atoms with Crippen LogP contribution in [0.4, 0.5) is 19.0 Å². The van der Waals surface area contributed by atoms with Crippen LogP contribution in [0.15, 0.2) is 18.3 Å². The molecule has 0 saturated carbocycles. The standard InChI is InChI=1S/C14H18F3N5/c1-2-11-9-13(22-12(19-11)3-4-18-22)21-7-5-20(6-8-21)10-14(15,16)17/h3-4,9H,2,5-8,10H2,1H3. The summed E-state index contributed by atoms with van der Waals surface area (Å²) in [5, 5.41) is 4.27. The van der Waals surface area contributed by atoms with Gasteiger partial charge in [-0.2, -0.15) is 22.8 Å². The first kappa shape index (κ1) is 15.1. The number of alkyl halides is 3. The van der Waals surface area contributed by atoms with Crippen LogP contribution < -0.4 is 4.90 Å². The molecule has 0 radical (unpaired) electrons. The summed E-state index contributed by atoms with van der Waals surface area (Å²) in [4.78, 5) is 8.01. The summed E-state index contributed by atoms with van der Waals surface area (Å²) in [6.45, 7) is 3.09. The van der Waals surface area contributed by atoms with Crippen LogP contribution in [-0.2, 0) is 6.42 Å². The van der Waals surface area contributed by atoms with Crippen LogP contribution >= 0.6 is 0 Å². The van der Waals surface area contributed by atoms with E-state index in [1.165, 1.54) is 4.90 Å². The molecule has 0 amide bonds. The molecule has 22 heavy (non-hydrogen) atoms. The van der Waals surface area contributed by atoms with Crippen LogP contribution in [0.3, 0.4) is 0 Å². The normalized spacial score (nSPS) is 17.4. The van der Waals surface area contributed by atoms with Gasteiger partial charge in [-0.15, -0.1) is 0 Å². The minimum atomic E-state index is -4.14. The Hall–Kier alpha value is -1.83. The van der Waals surface area contributed by atoms with Crippen LogP contribution in [0, 0.1) is 0 Å². The van der Waals surface area contributed by atoms with Crippen molar-refractivity contribution >= 4 is 11.5 Å². The third kappa shape index (κ3) is 3.16. The van der Waals surface area contributed by atoms with Crippen molar-refractivity contribution in [2.45, 2.75) is 19.5 Å². The Morgan fingerprint density at radius 2 is 1.91 bits per heavy atom. The lowest BCUT2D eigenvalue weighted by Gasteiger charge is -2.36. The number of aromatic nitrogens is 3. The van der Waals surface area contributed by atoms with Gasteiger partial charge in [0.05, 0.1) is 12.7 Å². The van der Waals surface area contributed by atoms with Gasteiger partial charge in [0.2, 0.25) is 0 Å². The second-order valence-corrected chi connectivity index (χ2v) is 5.44. The van der Waals surface area contributed by atoms with Crippen molar-refractivity contribution in [3.8, 4) is 0 Å². The molecule has 0 atom stereocenters. The smallest absolute Gasteiger partial charge is 0.354 e. The van der Waals surface area contributed by atoms with E-state index in [2.05, 4.69) is 15.0 Å². The van der Waals surface area contributed by atoms with E-state index >= 15 is 0 Å². The van der Waals surface area contributed by atoms with Gasteiger partial charge in [0.15, 0.2) is 5.65 Å². The van der Waals surface area contributed by atoms with Gasteiger partial charge in [0.1, 0.15) is 5.82 Å². The molecule has 1 fully saturated rings. The largest absolute Gasteiger partial charge is 0.401 e. The summed E-state index contributed by atoms with van der Waals surface area (Å²) in [6, 6.07) is 3.81. The predicted molar refractivity (Wildman–Crippen MR) is 77.1 cm³/mol. The molecule has 2 aromatic heterocycles. The zero-order chi connectivity index (χ0) is 15.7. The third-order valence-electron chi connectivity index (χ3n) is 3.86. The van der Waals surface area contributed by atoms with Crippen molar-refractivity contribution in [3.63, 3.8) is 0 Å². The fraction of sp³-hybridized carbons (Fsp3) is 0.571. The van der Waals surface area contributed by atoms with Crippen molar-refractivity contribution in [2.75, 3.05) is 37.6 Å². The lowest BCUT2D eigenvalue weighted by Crippen LogP contribution is -2.49. The van der Waals surface area contributed by atoms with E-state index in [-0.39, 0.29) is 0 Å². The first-order valence-corrected chi connectivity index (χ1v) is 7.34. The molecule has 1 aliphatic heterocycles. The highest BCUT2D eigenvalue weighted by atomic mass is 19.4. The summed E-state index contributed by atoms with van der Waals surface area (Å²) >= 11 is 0. The van der Waals surface area contributed by atoms with Crippen LogP contribution in [0.25, 0.3) is 5.65 Å². The van der Waals surface area contributed by atoms with E-state index < -0.39 is 12.7 Å². The van der Waals surface area contributed by atoms with Gasteiger partial charge in [-0.05, 0) is 6.42 Å². The number of nitrogens with zero attached hydrogens (tertiary/aromatic N) is 5. The highest BCUT2D eigenvalue weighted by Crippen LogP contribution is 2.21. The Kier molecular flexibility index (Phi) is 3.94. The summed E-state index contributed by atoms with van der Waals surface area (Å²) in [5.41, 5.74) is 1.73. The maximum Gasteiger partial charge on any atom is 0.401 e. The summed E-state index contributed by atoms with van der Waals surface area (Å²) in [7, 11) is 0. The Balaban J connectivity index is 1.77. The Labute approximate surface area is 126 Å². The van der Waals surface area contributed by atoms with Crippen molar-refractivity contribution in [1.29, 1.82) is 0 Å². The zero-order valence-electron chi connectivity index (χ0n) is 12.3. The maximum atomic E-state index is 12.4. The SMILES string of the molecule is CCc1cc(N2CCN(CC(F)(F)F)CC2)n2nccc2n1. The summed E-state index contributed by atoms with van der Waals surface area (Å²) < 4.78 is 39.1. The molecule has 0 bridgehead atoms.